The Morgan fingerprint density at radius 1 is 1.19 bits per heavy atom. The minimum Gasteiger partial charge on any atom is -0.462 e. The number of ketones is 2. The van der Waals surface area contributed by atoms with Crippen LogP contribution in [0, 0.1) is 22.7 Å². The van der Waals surface area contributed by atoms with Gasteiger partial charge in [0.15, 0.2) is 11.6 Å². The number of allylic oxidation sites excluding steroid dienone is 2. The van der Waals surface area contributed by atoms with E-state index in [1.54, 1.807) is 6.08 Å². The van der Waals surface area contributed by atoms with Gasteiger partial charge in [0.2, 0.25) is 0 Å². The Morgan fingerprint density at radius 3 is 2.62 bits per heavy atom. The van der Waals surface area contributed by atoms with Crippen LogP contribution in [0.2, 0.25) is 0 Å². The Morgan fingerprint density at radius 2 is 1.92 bits per heavy atom. The highest BCUT2D eigenvalue weighted by atomic mass is 16.7. The molecular weight excluding hydrogens is 332 g/mol. The fourth-order valence-electron chi connectivity index (χ4n) is 5.91. The Bertz CT molecular complexity index is 737. The minimum absolute atomic E-state index is 0.00876. The van der Waals surface area contributed by atoms with Crippen LogP contribution in [-0.4, -0.2) is 35.0 Å². The topological polar surface area (TPSA) is 72.8 Å². The molecule has 0 amide bonds. The van der Waals surface area contributed by atoms with Crippen molar-refractivity contribution >= 4 is 11.6 Å². The second-order valence-corrected chi connectivity index (χ2v) is 9.23. The van der Waals surface area contributed by atoms with E-state index in [0.717, 1.165) is 12.8 Å². The van der Waals surface area contributed by atoms with E-state index in [1.165, 1.54) is 0 Å². The summed E-state index contributed by atoms with van der Waals surface area (Å²) in [7, 11) is 0. The average molecular weight is 360 g/mol. The smallest absolute Gasteiger partial charge is 0.286 e. The molecule has 2 heterocycles. The molecule has 2 aliphatic heterocycles. The summed E-state index contributed by atoms with van der Waals surface area (Å²) < 4.78 is 12.1. The standard InChI is InChI=1S/C21H28O5/c1-12-9-14(23)13-10-16-20(3,26-18(13)25-12)8-5-15-19(2,11-22)7-6-17(24)21(15,16)4/h6-7,12,15-16,22H,5,8-11H2,1-4H3/t12-,15-,16-,19+,20-,21-/m1/s1. The molecule has 1 N–H and O–H groups in total. The number of rotatable bonds is 1. The maximum Gasteiger partial charge on any atom is 0.286 e. The summed E-state index contributed by atoms with van der Waals surface area (Å²) in [5, 5.41) is 10.0. The molecule has 0 radical (unpaired) electrons. The third-order valence-corrected chi connectivity index (χ3v) is 7.50. The monoisotopic (exact) mass is 360 g/mol. The summed E-state index contributed by atoms with van der Waals surface area (Å²) in [5.74, 6) is 0.430. The highest BCUT2D eigenvalue weighted by molar-refractivity contribution is 5.98. The number of aliphatic hydroxyl groups is 1. The Kier molecular flexibility index (Phi) is 3.72. The molecule has 0 bridgehead atoms. The normalized spacial score (nSPS) is 47.5. The van der Waals surface area contributed by atoms with Gasteiger partial charge in [0, 0.05) is 23.2 Å². The third-order valence-electron chi connectivity index (χ3n) is 7.50. The Labute approximate surface area is 154 Å². The molecule has 1 saturated carbocycles. The molecule has 0 spiro atoms. The molecule has 0 aromatic carbocycles. The van der Waals surface area contributed by atoms with Crippen LogP contribution in [-0.2, 0) is 19.1 Å². The Balaban J connectivity index is 1.80. The van der Waals surface area contributed by atoms with Gasteiger partial charge in [-0.1, -0.05) is 19.9 Å². The zero-order chi connectivity index (χ0) is 18.9. The lowest BCUT2D eigenvalue weighted by molar-refractivity contribution is -0.204. The summed E-state index contributed by atoms with van der Waals surface area (Å²) in [4.78, 5) is 25.7. The van der Waals surface area contributed by atoms with Gasteiger partial charge < -0.3 is 14.6 Å². The van der Waals surface area contributed by atoms with Crippen LogP contribution in [0.3, 0.4) is 0 Å². The van der Waals surface area contributed by atoms with Crippen molar-refractivity contribution in [2.45, 2.75) is 65.1 Å². The summed E-state index contributed by atoms with van der Waals surface area (Å²) in [6, 6.07) is 0. The first-order valence-electron chi connectivity index (χ1n) is 9.60. The molecule has 5 heteroatoms. The maximum atomic E-state index is 13.1. The number of carbonyl (C=O) groups is 2. The summed E-state index contributed by atoms with van der Waals surface area (Å²) in [6.07, 6.45) is 5.75. The van der Waals surface area contributed by atoms with Crippen LogP contribution >= 0.6 is 0 Å². The first-order chi connectivity index (χ1) is 12.1. The molecule has 26 heavy (non-hydrogen) atoms. The van der Waals surface area contributed by atoms with Crippen molar-refractivity contribution in [3.05, 3.63) is 23.7 Å². The van der Waals surface area contributed by atoms with E-state index in [1.807, 2.05) is 33.8 Å². The molecule has 0 aromatic heterocycles. The highest BCUT2D eigenvalue weighted by Gasteiger charge is 2.64. The second-order valence-electron chi connectivity index (χ2n) is 9.23. The van der Waals surface area contributed by atoms with E-state index >= 15 is 0 Å². The van der Waals surface area contributed by atoms with Crippen molar-refractivity contribution in [1.82, 2.24) is 0 Å². The lowest BCUT2D eigenvalue weighted by Gasteiger charge is -2.60. The van der Waals surface area contributed by atoms with Crippen molar-refractivity contribution in [2.75, 3.05) is 6.61 Å². The van der Waals surface area contributed by atoms with Gasteiger partial charge in [-0.3, -0.25) is 9.59 Å². The number of hydrogen-bond donors (Lipinski definition) is 1. The van der Waals surface area contributed by atoms with Crippen molar-refractivity contribution in [2.24, 2.45) is 22.7 Å². The number of aliphatic hydroxyl groups excluding tert-OH is 1. The number of Topliss-reactive ketones (excluding diaryl/α,β-unsaturated/α-hetero) is 1. The van der Waals surface area contributed by atoms with Gasteiger partial charge in [-0.15, -0.1) is 0 Å². The van der Waals surface area contributed by atoms with Crippen LogP contribution in [0.25, 0.3) is 0 Å². The molecule has 5 nitrogen and oxygen atoms in total. The second kappa shape index (κ2) is 5.44. The van der Waals surface area contributed by atoms with E-state index < -0.39 is 16.4 Å². The average Bonchev–Trinajstić information content (AvgIpc) is 2.57. The molecule has 0 saturated heterocycles. The fraction of sp³-hybridized carbons (Fsp3) is 0.714. The van der Waals surface area contributed by atoms with E-state index in [4.69, 9.17) is 9.47 Å². The van der Waals surface area contributed by atoms with Gasteiger partial charge in [0.05, 0.1) is 12.2 Å². The molecular formula is C21H28O5. The van der Waals surface area contributed by atoms with E-state index in [9.17, 15) is 14.7 Å². The van der Waals surface area contributed by atoms with Crippen molar-refractivity contribution < 1.29 is 24.2 Å². The first kappa shape index (κ1) is 17.8. The predicted octanol–water partition coefficient (Wildman–Crippen LogP) is 2.92. The largest absolute Gasteiger partial charge is 0.462 e. The van der Waals surface area contributed by atoms with Crippen molar-refractivity contribution in [1.29, 1.82) is 0 Å². The quantitative estimate of drug-likeness (QED) is 0.778. The lowest BCUT2D eigenvalue weighted by atomic mass is 9.45. The predicted molar refractivity (Wildman–Crippen MR) is 95.0 cm³/mol. The summed E-state index contributed by atoms with van der Waals surface area (Å²) >= 11 is 0. The van der Waals surface area contributed by atoms with Gasteiger partial charge >= 0.3 is 0 Å². The molecule has 0 aromatic rings. The number of hydrogen-bond acceptors (Lipinski definition) is 5. The van der Waals surface area contributed by atoms with E-state index in [2.05, 4.69) is 0 Å². The summed E-state index contributed by atoms with van der Waals surface area (Å²) in [6.45, 7) is 7.95. The minimum atomic E-state index is -0.666. The van der Waals surface area contributed by atoms with Crippen LogP contribution in [0.1, 0.15) is 53.4 Å². The first-order valence-corrected chi connectivity index (χ1v) is 9.60. The molecule has 2 aliphatic carbocycles. The maximum absolute atomic E-state index is 13.1. The van der Waals surface area contributed by atoms with Gasteiger partial charge in [0.25, 0.3) is 5.95 Å². The van der Waals surface area contributed by atoms with Gasteiger partial charge in [-0.05, 0) is 45.1 Å². The third kappa shape index (κ3) is 2.19. The molecule has 4 rings (SSSR count). The van der Waals surface area contributed by atoms with Crippen LogP contribution in [0.4, 0.5) is 0 Å². The summed E-state index contributed by atoms with van der Waals surface area (Å²) in [5.41, 5.74) is -1.04. The SMILES string of the molecule is C[C@@H]1CC(=O)C2=C(O1)O[C@]1(C)CC[C@H]3[C@@](C)(C(=O)C=C[C@@]3(C)CO)[C@@H]1C2. The van der Waals surface area contributed by atoms with Crippen molar-refractivity contribution in [3.63, 3.8) is 0 Å². The van der Waals surface area contributed by atoms with E-state index in [-0.39, 0.29) is 36.1 Å². The molecule has 142 valence electrons. The van der Waals surface area contributed by atoms with E-state index in [0.29, 0.717) is 24.4 Å². The molecule has 0 unspecified atom stereocenters. The number of ether oxygens (including phenoxy) is 2. The van der Waals surface area contributed by atoms with Crippen LogP contribution < -0.4 is 0 Å². The zero-order valence-electron chi connectivity index (χ0n) is 16.0. The van der Waals surface area contributed by atoms with Crippen LogP contribution in [0.5, 0.6) is 0 Å². The Hall–Kier alpha value is -1.62. The van der Waals surface area contributed by atoms with Gasteiger partial charge in [-0.25, -0.2) is 0 Å². The van der Waals surface area contributed by atoms with Gasteiger partial charge in [0.1, 0.15) is 11.7 Å². The fourth-order valence-corrected chi connectivity index (χ4v) is 5.91. The molecule has 4 aliphatic rings. The highest BCUT2D eigenvalue weighted by Crippen LogP contribution is 2.63. The molecule has 6 atom stereocenters. The van der Waals surface area contributed by atoms with Gasteiger partial charge in [-0.2, -0.15) is 0 Å². The number of fused-ring (bicyclic) bond motifs is 3. The molecule has 1 fully saturated rings. The van der Waals surface area contributed by atoms with Crippen molar-refractivity contribution in [3.8, 4) is 0 Å². The lowest BCUT2D eigenvalue weighted by Crippen LogP contribution is -2.63. The van der Waals surface area contributed by atoms with Crippen LogP contribution in [0.15, 0.2) is 23.7 Å². The number of carbonyl (C=O) groups excluding carboxylic acids is 2. The zero-order valence-corrected chi connectivity index (χ0v) is 16.0.